The Morgan fingerprint density at radius 3 is 2.52 bits per heavy atom. The van der Waals surface area contributed by atoms with Crippen LogP contribution in [0.3, 0.4) is 0 Å². The van der Waals surface area contributed by atoms with E-state index >= 15 is 0 Å². The van der Waals surface area contributed by atoms with Gasteiger partial charge in [-0.3, -0.25) is 4.40 Å². The zero-order valence-electron chi connectivity index (χ0n) is 16.2. The first kappa shape index (κ1) is 16.9. The number of aryl methyl sites for hydroxylation is 1. The Hall–Kier alpha value is -3.05. The number of aromatic nitrogens is 4. The van der Waals surface area contributed by atoms with Gasteiger partial charge in [-0.15, -0.1) is 21.5 Å². The van der Waals surface area contributed by atoms with E-state index in [9.17, 15) is 0 Å². The molecule has 29 heavy (non-hydrogen) atoms. The third kappa shape index (κ3) is 2.69. The van der Waals surface area contributed by atoms with Gasteiger partial charge in [-0.1, -0.05) is 61.5 Å². The number of thiophene rings is 1. The molecule has 0 amide bonds. The molecular weight excluding hydrogens is 376 g/mol. The molecule has 2 aromatic carbocycles. The van der Waals surface area contributed by atoms with E-state index in [1.807, 2.05) is 28.1 Å². The first-order chi connectivity index (χ1) is 14.3. The van der Waals surface area contributed by atoms with Crippen LogP contribution >= 0.6 is 11.3 Å². The fourth-order valence-corrected chi connectivity index (χ4v) is 5.72. The number of nitrogens with zero attached hydrogens (tertiary/aromatic N) is 4. The maximum atomic E-state index is 4.76. The van der Waals surface area contributed by atoms with E-state index in [0.717, 1.165) is 40.6 Å². The summed E-state index contributed by atoms with van der Waals surface area (Å²) < 4.78 is 2.05. The molecule has 1 atom stereocenters. The summed E-state index contributed by atoms with van der Waals surface area (Å²) >= 11 is 1.83. The Kier molecular flexibility index (Phi) is 3.78. The fourth-order valence-electron chi connectivity index (χ4n) is 4.38. The number of benzene rings is 2. The van der Waals surface area contributed by atoms with Crippen LogP contribution in [0, 0.1) is 5.92 Å². The molecule has 1 aliphatic carbocycles. The van der Waals surface area contributed by atoms with Crippen molar-refractivity contribution in [3.8, 4) is 22.5 Å². The molecule has 1 aliphatic rings. The first-order valence-corrected chi connectivity index (χ1v) is 10.9. The molecule has 4 nitrogen and oxygen atoms in total. The van der Waals surface area contributed by atoms with Gasteiger partial charge in [-0.05, 0) is 41.9 Å². The standard InChI is InChI=1S/C24H20N4S/c1-15-7-12-19-20(13-15)29-24-21(19)23-27-26-22(28(23)14-25-24)18-10-8-17(9-11-18)16-5-3-2-4-6-16/h2-6,8-11,14-15H,7,12-13H2,1H3/t15-/m0/s1. The molecule has 3 heterocycles. The maximum Gasteiger partial charge on any atom is 0.172 e. The predicted molar refractivity (Wildman–Crippen MR) is 118 cm³/mol. The maximum absolute atomic E-state index is 4.76. The van der Waals surface area contributed by atoms with Crippen LogP contribution in [0.15, 0.2) is 60.9 Å². The summed E-state index contributed by atoms with van der Waals surface area (Å²) in [4.78, 5) is 7.34. The predicted octanol–water partition coefficient (Wildman–Crippen LogP) is 5.80. The summed E-state index contributed by atoms with van der Waals surface area (Å²) in [5.74, 6) is 1.60. The van der Waals surface area contributed by atoms with E-state index in [2.05, 4.69) is 65.7 Å². The zero-order valence-corrected chi connectivity index (χ0v) is 17.0. The Labute approximate surface area is 172 Å². The normalized spacial score (nSPS) is 16.4. The van der Waals surface area contributed by atoms with Crippen LogP contribution in [0.2, 0.25) is 0 Å². The van der Waals surface area contributed by atoms with Crippen molar-refractivity contribution in [2.24, 2.45) is 5.92 Å². The molecule has 0 spiro atoms. The number of fused-ring (bicyclic) bond motifs is 5. The molecule has 0 saturated heterocycles. The van der Waals surface area contributed by atoms with Crippen molar-refractivity contribution in [3.05, 3.63) is 71.4 Å². The molecule has 0 radical (unpaired) electrons. The van der Waals surface area contributed by atoms with Gasteiger partial charge in [0.25, 0.3) is 0 Å². The molecule has 0 N–H and O–H groups in total. The van der Waals surface area contributed by atoms with E-state index < -0.39 is 0 Å². The molecule has 0 unspecified atom stereocenters. The van der Waals surface area contributed by atoms with Gasteiger partial charge in [0, 0.05) is 10.4 Å². The van der Waals surface area contributed by atoms with Gasteiger partial charge in [0.05, 0.1) is 5.39 Å². The Balaban J connectivity index is 1.47. The van der Waals surface area contributed by atoms with E-state index in [0.29, 0.717) is 0 Å². The van der Waals surface area contributed by atoms with Crippen LogP contribution < -0.4 is 0 Å². The van der Waals surface area contributed by atoms with Crippen molar-refractivity contribution in [1.29, 1.82) is 0 Å². The van der Waals surface area contributed by atoms with Crippen LogP contribution in [0.4, 0.5) is 0 Å². The van der Waals surface area contributed by atoms with Crippen molar-refractivity contribution in [1.82, 2.24) is 19.6 Å². The highest BCUT2D eigenvalue weighted by Gasteiger charge is 2.24. The van der Waals surface area contributed by atoms with Gasteiger partial charge >= 0.3 is 0 Å². The molecular formula is C24H20N4S. The second-order valence-corrected chi connectivity index (χ2v) is 9.02. The fraction of sp³-hybridized carbons (Fsp3) is 0.208. The molecule has 6 rings (SSSR count). The van der Waals surface area contributed by atoms with Crippen molar-refractivity contribution < 1.29 is 0 Å². The molecule has 5 aromatic rings. The summed E-state index contributed by atoms with van der Waals surface area (Å²) in [5.41, 5.74) is 5.84. The second kappa shape index (κ2) is 6.49. The third-order valence-electron chi connectivity index (χ3n) is 5.95. The average Bonchev–Trinajstić information content (AvgIpc) is 3.35. The van der Waals surface area contributed by atoms with Crippen molar-refractivity contribution >= 4 is 27.2 Å². The van der Waals surface area contributed by atoms with Crippen LogP contribution in [-0.2, 0) is 12.8 Å². The summed E-state index contributed by atoms with van der Waals surface area (Å²) in [6.45, 7) is 2.34. The monoisotopic (exact) mass is 396 g/mol. The topological polar surface area (TPSA) is 43.1 Å². The SMILES string of the molecule is C[C@H]1CCc2c(sc3ncn4c(-c5ccc(-c6ccccc6)cc5)nnc4c23)C1. The van der Waals surface area contributed by atoms with Gasteiger partial charge in [-0.2, -0.15) is 0 Å². The Bertz CT molecular complexity index is 1330. The summed E-state index contributed by atoms with van der Waals surface area (Å²) in [6, 6.07) is 18.9. The highest BCUT2D eigenvalue weighted by Crippen LogP contribution is 2.39. The summed E-state index contributed by atoms with van der Waals surface area (Å²) in [7, 11) is 0. The highest BCUT2D eigenvalue weighted by molar-refractivity contribution is 7.19. The average molecular weight is 397 g/mol. The number of hydrogen-bond donors (Lipinski definition) is 0. The molecule has 5 heteroatoms. The van der Waals surface area contributed by atoms with E-state index in [4.69, 9.17) is 4.98 Å². The minimum absolute atomic E-state index is 0.753. The zero-order chi connectivity index (χ0) is 19.4. The summed E-state index contributed by atoms with van der Waals surface area (Å²) in [6.07, 6.45) is 5.39. The Morgan fingerprint density at radius 2 is 1.69 bits per heavy atom. The van der Waals surface area contributed by atoms with Crippen molar-refractivity contribution in [2.75, 3.05) is 0 Å². The van der Waals surface area contributed by atoms with Gasteiger partial charge < -0.3 is 0 Å². The van der Waals surface area contributed by atoms with Gasteiger partial charge in [0.15, 0.2) is 11.5 Å². The summed E-state index contributed by atoms with van der Waals surface area (Å²) in [5, 5.41) is 10.3. The van der Waals surface area contributed by atoms with E-state index in [1.54, 1.807) is 0 Å². The lowest BCUT2D eigenvalue weighted by molar-refractivity contribution is 0.509. The van der Waals surface area contributed by atoms with Crippen molar-refractivity contribution in [2.45, 2.75) is 26.2 Å². The van der Waals surface area contributed by atoms with Gasteiger partial charge in [0.1, 0.15) is 11.2 Å². The van der Waals surface area contributed by atoms with E-state index in [-0.39, 0.29) is 0 Å². The quantitative estimate of drug-likeness (QED) is 0.379. The molecule has 3 aromatic heterocycles. The van der Waals surface area contributed by atoms with E-state index in [1.165, 1.54) is 33.4 Å². The smallest absolute Gasteiger partial charge is 0.172 e. The minimum Gasteiger partial charge on any atom is -0.265 e. The first-order valence-electron chi connectivity index (χ1n) is 10.1. The molecule has 0 aliphatic heterocycles. The largest absolute Gasteiger partial charge is 0.265 e. The lowest BCUT2D eigenvalue weighted by Crippen LogP contribution is -2.08. The lowest BCUT2D eigenvalue weighted by atomic mass is 9.89. The van der Waals surface area contributed by atoms with Crippen LogP contribution in [-0.4, -0.2) is 19.6 Å². The van der Waals surface area contributed by atoms with Crippen LogP contribution in [0.5, 0.6) is 0 Å². The molecule has 142 valence electrons. The van der Waals surface area contributed by atoms with Crippen molar-refractivity contribution in [3.63, 3.8) is 0 Å². The van der Waals surface area contributed by atoms with Gasteiger partial charge in [0.2, 0.25) is 0 Å². The molecule has 0 fully saturated rings. The van der Waals surface area contributed by atoms with Crippen LogP contribution in [0.1, 0.15) is 23.8 Å². The second-order valence-electron chi connectivity index (χ2n) is 7.94. The Morgan fingerprint density at radius 1 is 0.931 bits per heavy atom. The highest BCUT2D eigenvalue weighted by atomic mass is 32.1. The number of rotatable bonds is 2. The number of hydrogen-bond acceptors (Lipinski definition) is 4. The third-order valence-corrected chi connectivity index (χ3v) is 7.12. The lowest BCUT2D eigenvalue weighted by Gasteiger charge is -2.17. The van der Waals surface area contributed by atoms with Crippen LogP contribution in [0.25, 0.3) is 38.4 Å². The van der Waals surface area contributed by atoms with Gasteiger partial charge in [-0.25, -0.2) is 4.98 Å². The molecule has 0 saturated carbocycles. The minimum atomic E-state index is 0.753. The molecule has 0 bridgehead atoms.